The van der Waals surface area contributed by atoms with Gasteiger partial charge < -0.3 is 10.5 Å². The van der Waals surface area contributed by atoms with Crippen LogP contribution in [-0.2, 0) is 6.61 Å². The predicted molar refractivity (Wildman–Crippen MR) is 99.1 cm³/mol. The fourth-order valence-corrected chi connectivity index (χ4v) is 4.41. The molecule has 1 fully saturated rings. The molecule has 0 aliphatic carbocycles. The Morgan fingerprint density at radius 1 is 1.00 bits per heavy atom. The van der Waals surface area contributed by atoms with E-state index >= 15 is 0 Å². The SMILES string of the molecule is NCC(c1ccc(OCc2ccccc2)cc1)C1CCSCC1. The standard InChI is InChI=1S/C20H25NOS/c21-14-20(18-10-12-23-13-11-18)17-6-8-19(9-7-17)22-15-16-4-2-1-3-5-16/h1-9,18,20H,10-15,21H2. The molecule has 0 bridgehead atoms. The number of nitrogens with two attached hydrogens (primary N) is 1. The van der Waals surface area contributed by atoms with E-state index in [9.17, 15) is 0 Å². The predicted octanol–water partition coefficient (Wildman–Crippen LogP) is 4.45. The van der Waals surface area contributed by atoms with Gasteiger partial charge in [0.15, 0.2) is 0 Å². The van der Waals surface area contributed by atoms with E-state index in [0.29, 0.717) is 12.5 Å². The third-order valence-electron chi connectivity index (χ3n) is 4.65. The molecule has 0 radical (unpaired) electrons. The lowest BCUT2D eigenvalue weighted by molar-refractivity contribution is 0.306. The van der Waals surface area contributed by atoms with E-state index < -0.39 is 0 Å². The van der Waals surface area contributed by atoms with Crippen molar-refractivity contribution in [2.24, 2.45) is 11.7 Å². The van der Waals surface area contributed by atoms with Crippen molar-refractivity contribution in [3.63, 3.8) is 0 Å². The molecule has 0 amide bonds. The highest BCUT2D eigenvalue weighted by Gasteiger charge is 2.24. The second-order valence-electron chi connectivity index (χ2n) is 6.14. The Morgan fingerprint density at radius 2 is 1.70 bits per heavy atom. The van der Waals surface area contributed by atoms with Gasteiger partial charge in [0.2, 0.25) is 0 Å². The molecule has 1 aliphatic rings. The van der Waals surface area contributed by atoms with Crippen molar-refractivity contribution in [2.45, 2.75) is 25.4 Å². The highest BCUT2D eigenvalue weighted by molar-refractivity contribution is 7.99. The van der Waals surface area contributed by atoms with Gasteiger partial charge in [-0.15, -0.1) is 0 Å². The minimum absolute atomic E-state index is 0.485. The van der Waals surface area contributed by atoms with Crippen LogP contribution < -0.4 is 10.5 Å². The first kappa shape index (κ1) is 16.4. The number of ether oxygens (including phenoxy) is 1. The molecule has 0 spiro atoms. The quantitative estimate of drug-likeness (QED) is 0.851. The zero-order valence-electron chi connectivity index (χ0n) is 13.5. The van der Waals surface area contributed by atoms with Gasteiger partial charge in [-0.1, -0.05) is 42.5 Å². The summed E-state index contributed by atoms with van der Waals surface area (Å²) in [6.45, 7) is 1.35. The fraction of sp³-hybridized carbons (Fsp3) is 0.400. The van der Waals surface area contributed by atoms with Gasteiger partial charge in [0.25, 0.3) is 0 Å². The van der Waals surface area contributed by atoms with Crippen molar-refractivity contribution < 1.29 is 4.74 Å². The number of rotatable bonds is 6. The van der Waals surface area contributed by atoms with Gasteiger partial charge in [0, 0.05) is 0 Å². The summed E-state index contributed by atoms with van der Waals surface area (Å²) in [6, 6.07) is 18.8. The van der Waals surface area contributed by atoms with Gasteiger partial charge in [-0.05, 0) is 66.0 Å². The highest BCUT2D eigenvalue weighted by Crippen LogP contribution is 2.35. The molecule has 2 N–H and O–H groups in total. The maximum Gasteiger partial charge on any atom is 0.119 e. The Kier molecular flexibility index (Phi) is 6.00. The first-order chi connectivity index (χ1) is 11.4. The Morgan fingerprint density at radius 3 is 2.35 bits per heavy atom. The maximum atomic E-state index is 6.07. The molecule has 0 saturated carbocycles. The van der Waals surface area contributed by atoms with Gasteiger partial charge in [0.05, 0.1) is 0 Å². The first-order valence-corrected chi connectivity index (χ1v) is 9.57. The van der Waals surface area contributed by atoms with E-state index in [1.807, 2.05) is 18.2 Å². The zero-order valence-corrected chi connectivity index (χ0v) is 14.3. The van der Waals surface area contributed by atoms with E-state index in [4.69, 9.17) is 10.5 Å². The molecule has 23 heavy (non-hydrogen) atoms. The molecular weight excluding hydrogens is 302 g/mol. The maximum absolute atomic E-state index is 6.07. The molecular formula is C20H25NOS. The molecule has 3 heteroatoms. The Bertz CT molecular complexity index is 578. The van der Waals surface area contributed by atoms with Crippen molar-refractivity contribution in [2.75, 3.05) is 18.1 Å². The molecule has 122 valence electrons. The van der Waals surface area contributed by atoms with Crippen molar-refractivity contribution in [3.8, 4) is 5.75 Å². The fourth-order valence-electron chi connectivity index (χ4n) is 3.27. The number of hydrogen-bond donors (Lipinski definition) is 1. The third-order valence-corrected chi connectivity index (χ3v) is 5.69. The molecule has 0 aromatic heterocycles. The van der Waals surface area contributed by atoms with Crippen molar-refractivity contribution in [1.82, 2.24) is 0 Å². The monoisotopic (exact) mass is 327 g/mol. The minimum atomic E-state index is 0.485. The second-order valence-corrected chi connectivity index (χ2v) is 7.36. The third kappa shape index (κ3) is 4.52. The van der Waals surface area contributed by atoms with Gasteiger partial charge in [-0.2, -0.15) is 11.8 Å². The van der Waals surface area contributed by atoms with Crippen molar-refractivity contribution in [1.29, 1.82) is 0 Å². The molecule has 2 nitrogen and oxygen atoms in total. The largest absolute Gasteiger partial charge is 0.489 e. The molecule has 2 aromatic carbocycles. The summed E-state index contributed by atoms with van der Waals surface area (Å²) in [5.74, 6) is 4.70. The molecule has 1 saturated heterocycles. The van der Waals surface area contributed by atoms with Crippen LogP contribution in [0.25, 0.3) is 0 Å². The lowest BCUT2D eigenvalue weighted by Crippen LogP contribution is -2.24. The van der Waals surface area contributed by atoms with Crippen LogP contribution in [0.3, 0.4) is 0 Å². The average molecular weight is 327 g/mol. The van der Waals surface area contributed by atoms with Crippen molar-refractivity contribution in [3.05, 3.63) is 65.7 Å². The smallest absolute Gasteiger partial charge is 0.119 e. The van der Waals surface area contributed by atoms with Crippen LogP contribution in [-0.4, -0.2) is 18.1 Å². The highest BCUT2D eigenvalue weighted by atomic mass is 32.2. The van der Waals surface area contributed by atoms with Gasteiger partial charge in [0.1, 0.15) is 12.4 Å². The van der Waals surface area contributed by atoms with Crippen LogP contribution in [0, 0.1) is 5.92 Å². The van der Waals surface area contributed by atoms with E-state index in [1.54, 1.807) is 0 Å². The van der Waals surface area contributed by atoms with Crippen LogP contribution in [0.5, 0.6) is 5.75 Å². The Balaban J connectivity index is 1.61. The van der Waals surface area contributed by atoms with Gasteiger partial charge in [-0.25, -0.2) is 0 Å². The van der Waals surface area contributed by atoms with E-state index in [-0.39, 0.29) is 0 Å². The summed E-state index contributed by atoms with van der Waals surface area (Å²) in [5.41, 5.74) is 8.62. The van der Waals surface area contributed by atoms with E-state index in [2.05, 4.69) is 48.2 Å². The summed E-state index contributed by atoms with van der Waals surface area (Å²) in [4.78, 5) is 0. The normalized spacial score (nSPS) is 16.9. The van der Waals surface area contributed by atoms with E-state index in [1.165, 1.54) is 35.5 Å². The molecule has 1 heterocycles. The van der Waals surface area contributed by atoms with Gasteiger partial charge >= 0.3 is 0 Å². The van der Waals surface area contributed by atoms with Crippen LogP contribution >= 0.6 is 11.8 Å². The number of hydrogen-bond acceptors (Lipinski definition) is 3. The van der Waals surface area contributed by atoms with Crippen LogP contribution in [0.15, 0.2) is 54.6 Å². The summed E-state index contributed by atoms with van der Waals surface area (Å²) in [7, 11) is 0. The molecule has 3 rings (SSSR count). The topological polar surface area (TPSA) is 35.2 Å². The zero-order chi connectivity index (χ0) is 15.9. The number of thioether (sulfide) groups is 1. The minimum Gasteiger partial charge on any atom is -0.489 e. The first-order valence-electron chi connectivity index (χ1n) is 8.41. The lowest BCUT2D eigenvalue weighted by atomic mass is 9.82. The molecule has 1 aliphatic heterocycles. The summed E-state index contributed by atoms with van der Waals surface area (Å²) < 4.78 is 5.87. The Labute approximate surface area is 143 Å². The summed E-state index contributed by atoms with van der Waals surface area (Å²) in [5, 5.41) is 0. The average Bonchev–Trinajstić information content (AvgIpc) is 2.63. The summed E-state index contributed by atoms with van der Waals surface area (Å²) in [6.07, 6.45) is 2.58. The number of benzene rings is 2. The Hall–Kier alpha value is -1.45. The van der Waals surface area contributed by atoms with Crippen molar-refractivity contribution >= 4 is 11.8 Å². The second kappa shape index (κ2) is 8.42. The van der Waals surface area contributed by atoms with Crippen LogP contribution in [0.2, 0.25) is 0 Å². The van der Waals surface area contributed by atoms with E-state index in [0.717, 1.165) is 18.2 Å². The van der Waals surface area contributed by atoms with Crippen LogP contribution in [0.4, 0.5) is 0 Å². The molecule has 2 aromatic rings. The lowest BCUT2D eigenvalue weighted by Gasteiger charge is -2.29. The summed E-state index contributed by atoms with van der Waals surface area (Å²) >= 11 is 2.07. The molecule has 1 atom stereocenters. The molecule has 1 unspecified atom stereocenters. The van der Waals surface area contributed by atoms with Crippen LogP contribution in [0.1, 0.15) is 29.9 Å². The van der Waals surface area contributed by atoms with Gasteiger partial charge in [-0.3, -0.25) is 0 Å².